The first-order chi connectivity index (χ1) is 29.3. The highest BCUT2D eigenvalue weighted by molar-refractivity contribution is 7.99. The molecule has 59 heavy (non-hydrogen) atoms. The summed E-state index contributed by atoms with van der Waals surface area (Å²) in [5.74, 6) is 1.74. The third kappa shape index (κ3) is 4.77. The molecule has 9 aromatic rings. The Morgan fingerprint density at radius 2 is 0.881 bits per heavy atom. The maximum absolute atomic E-state index is 7.06. The van der Waals surface area contributed by atoms with Crippen LogP contribution in [0.15, 0.2) is 234 Å². The van der Waals surface area contributed by atoms with Gasteiger partial charge in [-0.2, -0.15) is 0 Å². The third-order valence-corrected chi connectivity index (χ3v) is 13.8. The second-order valence-corrected chi connectivity index (χ2v) is 16.6. The van der Waals surface area contributed by atoms with Crippen molar-refractivity contribution in [3.05, 3.63) is 269 Å². The van der Waals surface area contributed by atoms with Gasteiger partial charge in [0.2, 0.25) is 0 Å². The molecule has 0 atom stereocenters. The van der Waals surface area contributed by atoms with Gasteiger partial charge in [-0.05, 0) is 81.4 Å². The number of anilines is 3. The van der Waals surface area contributed by atoms with E-state index in [4.69, 9.17) is 4.74 Å². The van der Waals surface area contributed by atoms with Crippen LogP contribution in [-0.4, -0.2) is 0 Å². The molecule has 12 rings (SSSR count). The summed E-state index contributed by atoms with van der Waals surface area (Å²) in [6.07, 6.45) is 0. The summed E-state index contributed by atoms with van der Waals surface area (Å²) in [5, 5.41) is 0. The Labute approximate surface area is 349 Å². The first-order valence-corrected chi connectivity index (χ1v) is 21.1. The zero-order valence-corrected chi connectivity index (χ0v) is 32.9. The van der Waals surface area contributed by atoms with Crippen LogP contribution in [0.4, 0.5) is 17.1 Å². The second-order valence-electron chi connectivity index (χ2n) is 15.5. The van der Waals surface area contributed by atoms with E-state index in [-0.39, 0.29) is 0 Å². The first-order valence-electron chi connectivity index (χ1n) is 20.3. The van der Waals surface area contributed by atoms with Crippen molar-refractivity contribution in [1.82, 2.24) is 0 Å². The van der Waals surface area contributed by atoms with E-state index in [1.54, 1.807) is 0 Å². The van der Waals surface area contributed by atoms with Crippen LogP contribution in [0.2, 0.25) is 0 Å². The topological polar surface area (TPSA) is 12.5 Å². The van der Waals surface area contributed by atoms with E-state index in [9.17, 15) is 0 Å². The first kappa shape index (κ1) is 34.0. The normalized spacial score (nSPS) is 14.4. The number of nitrogens with zero attached hydrogens (tertiary/aromatic N) is 1. The standard InChI is InChI=1S/C56H37NOS/c1-4-19-38(20-5-1)55(39-21-6-2-7-22-39)43-26-11-10-25-42(43)54-48(55)30-18-31-49(54)57(40-23-8-3-9-24-40)41-35-36-45-51(37-41)58-50-32-15-12-27-44(50)56(45)46-28-13-16-33-52(46)59-53-34-17-14-29-47(53)56/h1-37H. The predicted octanol–water partition coefficient (Wildman–Crippen LogP) is 14.5. The summed E-state index contributed by atoms with van der Waals surface area (Å²) in [4.78, 5) is 4.96. The molecule has 3 aliphatic rings. The number of hydrogen-bond donors (Lipinski definition) is 0. The van der Waals surface area contributed by atoms with Crippen LogP contribution in [0.1, 0.15) is 44.5 Å². The highest BCUT2D eigenvalue weighted by Gasteiger charge is 2.50. The Morgan fingerprint density at radius 3 is 1.56 bits per heavy atom. The minimum absolute atomic E-state index is 0.512. The van der Waals surface area contributed by atoms with Gasteiger partial charge in [-0.1, -0.05) is 188 Å². The van der Waals surface area contributed by atoms with Gasteiger partial charge in [0.1, 0.15) is 11.5 Å². The smallest absolute Gasteiger partial charge is 0.134 e. The molecule has 1 aliphatic carbocycles. The molecule has 0 saturated carbocycles. The molecule has 0 fully saturated rings. The van der Waals surface area contributed by atoms with E-state index in [2.05, 4.69) is 229 Å². The lowest BCUT2D eigenvalue weighted by molar-refractivity contribution is 0.431. The number of hydrogen-bond acceptors (Lipinski definition) is 3. The molecule has 2 aliphatic heterocycles. The number of para-hydroxylation sites is 2. The van der Waals surface area contributed by atoms with Crippen molar-refractivity contribution in [3.8, 4) is 22.6 Å². The minimum Gasteiger partial charge on any atom is -0.457 e. The zero-order chi connectivity index (χ0) is 39.0. The van der Waals surface area contributed by atoms with Crippen LogP contribution in [0.25, 0.3) is 11.1 Å². The lowest BCUT2D eigenvalue weighted by Gasteiger charge is -2.45. The quantitative estimate of drug-likeness (QED) is 0.173. The molecular weight excluding hydrogens is 735 g/mol. The van der Waals surface area contributed by atoms with Crippen molar-refractivity contribution in [2.45, 2.75) is 20.6 Å². The number of ether oxygens (including phenoxy) is 1. The Bertz CT molecular complexity index is 2960. The minimum atomic E-state index is -0.559. The van der Waals surface area contributed by atoms with Crippen LogP contribution in [0.5, 0.6) is 11.5 Å². The molecule has 2 nitrogen and oxygen atoms in total. The van der Waals surface area contributed by atoms with Crippen LogP contribution in [0.3, 0.4) is 0 Å². The zero-order valence-electron chi connectivity index (χ0n) is 32.1. The molecular formula is C56H37NOS. The fourth-order valence-corrected chi connectivity index (χ4v) is 11.6. The maximum Gasteiger partial charge on any atom is 0.134 e. The molecule has 2 heterocycles. The summed E-state index contributed by atoms with van der Waals surface area (Å²) in [7, 11) is 0. The Morgan fingerprint density at radius 1 is 0.356 bits per heavy atom. The largest absolute Gasteiger partial charge is 0.457 e. The number of fused-ring (bicyclic) bond motifs is 11. The molecule has 0 unspecified atom stereocenters. The van der Waals surface area contributed by atoms with Crippen molar-refractivity contribution in [2.24, 2.45) is 0 Å². The molecule has 0 bridgehead atoms. The van der Waals surface area contributed by atoms with E-state index in [1.165, 1.54) is 54.3 Å². The van der Waals surface area contributed by atoms with Gasteiger partial charge in [-0.25, -0.2) is 0 Å². The Hall–Kier alpha value is -7.07. The monoisotopic (exact) mass is 771 g/mol. The van der Waals surface area contributed by atoms with Crippen LogP contribution in [-0.2, 0) is 10.8 Å². The number of benzene rings is 9. The number of rotatable bonds is 5. The van der Waals surface area contributed by atoms with Crippen LogP contribution in [0, 0.1) is 0 Å². The molecule has 1 spiro atoms. The molecule has 0 saturated heterocycles. The van der Waals surface area contributed by atoms with Gasteiger partial charge in [0.05, 0.1) is 16.5 Å². The highest BCUT2D eigenvalue weighted by Crippen LogP contribution is 2.63. The van der Waals surface area contributed by atoms with E-state index in [1.807, 2.05) is 11.8 Å². The van der Waals surface area contributed by atoms with E-state index >= 15 is 0 Å². The summed E-state index contributed by atoms with van der Waals surface area (Å²) in [5.41, 5.74) is 14.5. The Balaban J connectivity index is 1.13. The fraction of sp³-hybridized carbons (Fsp3) is 0.0357. The molecule has 0 radical (unpaired) electrons. The van der Waals surface area contributed by atoms with Crippen molar-refractivity contribution in [3.63, 3.8) is 0 Å². The maximum atomic E-state index is 7.06. The van der Waals surface area contributed by atoms with Gasteiger partial charge in [-0.15, -0.1) is 0 Å². The van der Waals surface area contributed by atoms with Gasteiger partial charge < -0.3 is 9.64 Å². The fourth-order valence-electron chi connectivity index (χ4n) is 10.4. The van der Waals surface area contributed by atoms with Gasteiger partial charge in [0, 0.05) is 43.9 Å². The van der Waals surface area contributed by atoms with Crippen molar-refractivity contribution in [2.75, 3.05) is 4.90 Å². The van der Waals surface area contributed by atoms with Crippen LogP contribution < -0.4 is 9.64 Å². The van der Waals surface area contributed by atoms with Crippen molar-refractivity contribution < 1.29 is 4.74 Å². The van der Waals surface area contributed by atoms with Crippen LogP contribution >= 0.6 is 11.8 Å². The van der Waals surface area contributed by atoms with Crippen molar-refractivity contribution in [1.29, 1.82) is 0 Å². The van der Waals surface area contributed by atoms with Gasteiger partial charge in [0.15, 0.2) is 0 Å². The summed E-state index contributed by atoms with van der Waals surface area (Å²) in [6.45, 7) is 0. The molecule has 0 aromatic heterocycles. The third-order valence-electron chi connectivity index (χ3n) is 12.7. The van der Waals surface area contributed by atoms with E-state index in [0.29, 0.717) is 0 Å². The summed E-state index contributed by atoms with van der Waals surface area (Å²) < 4.78 is 7.06. The lowest BCUT2D eigenvalue weighted by Crippen LogP contribution is -2.36. The summed E-state index contributed by atoms with van der Waals surface area (Å²) in [6, 6.07) is 82.0. The molecule has 0 amide bonds. The Kier molecular flexibility index (Phi) is 7.63. The molecule has 0 N–H and O–H groups in total. The lowest BCUT2D eigenvalue weighted by atomic mass is 9.63. The van der Waals surface area contributed by atoms with Gasteiger partial charge in [0.25, 0.3) is 0 Å². The van der Waals surface area contributed by atoms with E-state index in [0.717, 1.165) is 39.7 Å². The average Bonchev–Trinajstić information content (AvgIpc) is 3.62. The molecule has 9 aromatic carbocycles. The molecule has 3 heteroatoms. The predicted molar refractivity (Wildman–Crippen MR) is 241 cm³/mol. The second kappa shape index (κ2) is 13.2. The van der Waals surface area contributed by atoms with Crippen molar-refractivity contribution >= 4 is 28.8 Å². The molecule has 278 valence electrons. The van der Waals surface area contributed by atoms with E-state index < -0.39 is 10.8 Å². The van der Waals surface area contributed by atoms with Gasteiger partial charge in [-0.3, -0.25) is 0 Å². The SMILES string of the molecule is c1ccc(N(c2ccc3c(c2)Oc2ccccc2C32c3ccccc3Sc3ccccc32)c2cccc3c2-c2ccccc2C3(c2ccccc2)c2ccccc2)cc1. The average molecular weight is 772 g/mol. The highest BCUT2D eigenvalue weighted by atomic mass is 32.2. The van der Waals surface area contributed by atoms with Gasteiger partial charge >= 0.3 is 0 Å². The summed E-state index contributed by atoms with van der Waals surface area (Å²) >= 11 is 1.86.